The Kier molecular flexibility index (Phi) is 8.80. The van der Waals surface area contributed by atoms with Crippen molar-refractivity contribution in [2.45, 2.75) is 24.4 Å². The summed E-state index contributed by atoms with van der Waals surface area (Å²) < 4.78 is 27.8. The van der Waals surface area contributed by atoms with E-state index in [0.29, 0.717) is 22.8 Å². The maximum absolute atomic E-state index is 14.3. The predicted octanol–water partition coefficient (Wildman–Crippen LogP) is 5.75. The van der Waals surface area contributed by atoms with Crippen LogP contribution in [0, 0.1) is 0 Å². The summed E-state index contributed by atoms with van der Waals surface area (Å²) in [5.74, 6) is -0.109. The van der Waals surface area contributed by atoms with Crippen LogP contribution in [0.5, 0.6) is 17.2 Å². The van der Waals surface area contributed by atoms with Gasteiger partial charge in [-0.25, -0.2) is 9.59 Å². The van der Waals surface area contributed by atoms with Crippen LogP contribution < -0.4 is 19.5 Å². The van der Waals surface area contributed by atoms with Crippen molar-refractivity contribution in [3.05, 3.63) is 113 Å². The number of para-hydroxylation sites is 1. The molecule has 2 heterocycles. The molecule has 0 fully saturated rings. The highest BCUT2D eigenvalue weighted by Crippen LogP contribution is 2.47. The number of fused-ring (bicyclic) bond motifs is 6. The van der Waals surface area contributed by atoms with Crippen LogP contribution in [0.1, 0.15) is 39.9 Å². The average Bonchev–Trinajstić information content (AvgIpc) is 3.69. The molecular weight excluding hydrogens is 638 g/mol. The lowest BCUT2D eigenvalue weighted by Crippen LogP contribution is -2.54. The molecule has 1 aliphatic heterocycles. The highest BCUT2D eigenvalue weighted by atomic mass is 16.6. The van der Waals surface area contributed by atoms with Crippen molar-refractivity contribution in [3.63, 3.8) is 0 Å². The zero-order valence-electron chi connectivity index (χ0n) is 28.1. The number of carbonyl (C=O) groups excluding carboxylic acids is 3. The monoisotopic (exact) mass is 675 g/mol. The van der Waals surface area contributed by atoms with Crippen molar-refractivity contribution in [1.29, 1.82) is 0 Å². The fraction of sp³-hybridized carbons (Fsp3) is 0.256. The summed E-state index contributed by atoms with van der Waals surface area (Å²) in [7, 11) is 5.82. The van der Waals surface area contributed by atoms with Gasteiger partial charge < -0.3 is 38.9 Å². The Balaban J connectivity index is 1.20. The first-order valence-electron chi connectivity index (χ1n) is 16.3. The summed E-state index contributed by atoms with van der Waals surface area (Å²) in [5.41, 5.74) is 7.42. The molecule has 5 aromatic rings. The molecule has 0 saturated heterocycles. The molecule has 11 heteroatoms. The Morgan fingerprint density at radius 2 is 1.44 bits per heavy atom. The minimum absolute atomic E-state index is 0.0923. The lowest BCUT2D eigenvalue weighted by Gasteiger charge is -2.41. The molecule has 0 saturated carbocycles. The van der Waals surface area contributed by atoms with Gasteiger partial charge in [0.25, 0.3) is 0 Å². The topological polar surface area (TPSA) is 128 Å². The van der Waals surface area contributed by atoms with Crippen LogP contribution in [-0.4, -0.2) is 75.5 Å². The third kappa shape index (κ3) is 5.54. The molecule has 11 nitrogen and oxygen atoms in total. The molecule has 1 aliphatic carbocycles. The summed E-state index contributed by atoms with van der Waals surface area (Å²) in [6, 6.07) is 25.5. The van der Waals surface area contributed by atoms with Gasteiger partial charge in [-0.05, 0) is 51.6 Å². The fourth-order valence-electron chi connectivity index (χ4n) is 7.41. The van der Waals surface area contributed by atoms with Crippen molar-refractivity contribution < 1.29 is 38.1 Å². The van der Waals surface area contributed by atoms with E-state index in [1.165, 1.54) is 33.3 Å². The van der Waals surface area contributed by atoms with Gasteiger partial charge in [0.1, 0.15) is 19.2 Å². The number of nitrogens with one attached hydrogen (secondary N) is 2. The van der Waals surface area contributed by atoms with E-state index in [0.717, 1.165) is 44.4 Å². The number of methoxy groups -OCH3 is 4. The number of ether oxygens (including phenoxy) is 5. The summed E-state index contributed by atoms with van der Waals surface area (Å²) >= 11 is 0. The highest BCUT2D eigenvalue weighted by Gasteiger charge is 2.44. The Morgan fingerprint density at radius 3 is 2.06 bits per heavy atom. The van der Waals surface area contributed by atoms with Crippen molar-refractivity contribution in [2.75, 3.05) is 41.6 Å². The number of hydrogen-bond donors (Lipinski definition) is 2. The van der Waals surface area contributed by atoms with Gasteiger partial charge in [-0.1, -0.05) is 66.7 Å². The Bertz CT molecular complexity index is 2040. The lowest BCUT2D eigenvalue weighted by atomic mass is 9.87. The van der Waals surface area contributed by atoms with Crippen LogP contribution in [0.15, 0.2) is 84.9 Å². The highest BCUT2D eigenvalue weighted by molar-refractivity contribution is 5.92. The standard InChI is InChI=1S/C39H37N3O8/c1-46-32-17-22(18-33(47-2)37(32)48-3)36-35-28(27-15-9-10-16-30(27)41-35)19-31(38(44)49-4)42(36)34(43)20-40-39(45)50-21-29-25-13-7-5-11-23(25)24-12-6-8-14-26(24)29/h5-18,29,31,36,41H,19-21H2,1-4H3,(H,40,45)/t31-,36+/m0/s1. The maximum atomic E-state index is 14.3. The molecule has 0 spiro atoms. The third-order valence-electron chi connectivity index (χ3n) is 9.62. The molecule has 1 aromatic heterocycles. The first-order chi connectivity index (χ1) is 24.4. The fourth-order valence-corrected chi connectivity index (χ4v) is 7.41. The van der Waals surface area contributed by atoms with Gasteiger partial charge in [-0.3, -0.25) is 4.79 Å². The molecule has 0 bridgehead atoms. The molecule has 2 N–H and O–H groups in total. The molecule has 0 unspecified atom stereocenters. The molecular formula is C39H37N3O8. The van der Waals surface area contributed by atoms with Gasteiger partial charge >= 0.3 is 12.1 Å². The summed E-state index contributed by atoms with van der Waals surface area (Å²) in [6.07, 6.45) is -0.550. The first-order valence-corrected chi connectivity index (χ1v) is 16.3. The Labute approximate surface area is 289 Å². The van der Waals surface area contributed by atoms with Crippen molar-refractivity contribution >= 4 is 28.9 Å². The zero-order valence-corrected chi connectivity index (χ0v) is 28.1. The number of carbonyl (C=O) groups is 3. The van der Waals surface area contributed by atoms with Gasteiger partial charge in [0.2, 0.25) is 11.7 Å². The maximum Gasteiger partial charge on any atom is 0.407 e. The number of esters is 1. The number of H-pyrrole nitrogens is 1. The van der Waals surface area contributed by atoms with E-state index in [9.17, 15) is 14.4 Å². The molecule has 2 aliphatic rings. The number of rotatable bonds is 9. The van der Waals surface area contributed by atoms with Crippen molar-refractivity contribution in [2.24, 2.45) is 0 Å². The molecule has 256 valence electrons. The number of amides is 2. The van der Waals surface area contributed by atoms with E-state index < -0.39 is 36.6 Å². The molecule has 7 rings (SSSR count). The van der Waals surface area contributed by atoms with E-state index in [1.54, 1.807) is 12.1 Å². The van der Waals surface area contributed by atoms with Crippen LogP contribution in [0.2, 0.25) is 0 Å². The van der Waals surface area contributed by atoms with E-state index in [4.69, 9.17) is 23.7 Å². The van der Waals surface area contributed by atoms with Crippen molar-refractivity contribution in [3.8, 4) is 28.4 Å². The minimum atomic E-state index is -1.01. The number of aromatic amines is 1. The Morgan fingerprint density at radius 1 is 0.820 bits per heavy atom. The van der Waals surface area contributed by atoms with E-state index >= 15 is 0 Å². The predicted molar refractivity (Wildman–Crippen MR) is 186 cm³/mol. The number of alkyl carbamates (subject to hydrolysis) is 1. The minimum Gasteiger partial charge on any atom is -0.493 e. The van der Waals surface area contributed by atoms with Crippen LogP contribution in [-0.2, 0) is 25.5 Å². The van der Waals surface area contributed by atoms with Crippen molar-refractivity contribution in [1.82, 2.24) is 15.2 Å². The molecule has 4 aromatic carbocycles. The summed E-state index contributed by atoms with van der Waals surface area (Å²) in [4.78, 5) is 45.8. The smallest absolute Gasteiger partial charge is 0.407 e. The summed E-state index contributed by atoms with van der Waals surface area (Å²) in [6.45, 7) is -0.338. The second kappa shape index (κ2) is 13.5. The second-order valence-electron chi connectivity index (χ2n) is 12.1. The van der Waals surface area contributed by atoms with Crippen LogP contribution in [0.3, 0.4) is 0 Å². The van der Waals surface area contributed by atoms with Crippen LogP contribution in [0.4, 0.5) is 4.79 Å². The normalized spacial score (nSPS) is 16.2. The van der Waals surface area contributed by atoms with E-state index in [1.807, 2.05) is 60.7 Å². The van der Waals surface area contributed by atoms with E-state index in [-0.39, 0.29) is 18.9 Å². The number of hydrogen-bond acceptors (Lipinski definition) is 8. The van der Waals surface area contributed by atoms with Crippen LogP contribution in [0.25, 0.3) is 22.0 Å². The largest absolute Gasteiger partial charge is 0.493 e. The molecule has 2 atom stereocenters. The number of nitrogens with zero attached hydrogens (tertiary/aromatic N) is 1. The quantitative estimate of drug-likeness (QED) is 0.189. The van der Waals surface area contributed by atoms with Crippen LogP contribution >= 0.6 is 0 Å². The molecule has 0 radical (unpaired) electrons. The van der Waals surface area contributed by atoms with Gasteiger partial charge in [-0.2, -0.15) is 0 Å². The van der Waals surface area contributed by atoms with Gasteiger partial charge in [0.15, 0.2) is 11.5 Å². The SMILES string of the molecule is COC(=O)[C@@H]1Cc2c([nH]c3ccccc23)[C@@H](c2cc(OC)c(OC)c(OC)c2)N1C(=O)CNC(=O)OCC1c2ccccc2-c2ccccc21. The number of benzene rings is 4. The molecule has 2 amide bonds. The van der Waals surface area contributed by atoms with E-state index in [2.05, 4.69) is 22.4 Å². The third-order valence-corrected chi connectivity index (χ3v) is 9.62. The molecule has 50 heavy (non-hydrogen) atoms. The van der Waals surface area contributed by atoms with Gasteiger partial charge in [0, 0.05) is 28.9 Å². The summed E-state index contributed by atoms with van der Waals surface area (Å²) in [5, 5.41) is 3.56. The Hall–Kier alpha value is -5.97. The first kappa shape index (κ1) is 32.6. The van der Waals surface area contributed by atoms with Gasteiger partial charge in [-0.15, -0.1) is 0 Å². The average molecular weight is 676 g/mol. The second-order valence-corrected chi connectivity index (χ2v) is 12.1. The number of aromatic nitrogens is 1. The van der Waals surface area contributed by atoms with Gasteiger partial charge in [0.05, 0.1) is 34.5 Å². The lowest BCUT2D eigenvalue weighted by molar-refractivity contribution is -0.154. The zero-order chi connectivity index (χ0) is 34.9.